The Kier molecular flexibility index (Phi) is 5.18. The molecule has 3 heterocycles. The molecule has 1 aromatic heterocycles. The summed E-state index contributed by atoms with van der Waals surface area (Å²) in [5.74, 6) is -1.14. The first-order valence-corrected chi connectivity index (χ1v) is 9.26. The first-order chi connectivity index (χ1) is 11.5. The number of hydrogen-bond acceptors (Lipinski definition) is 4. The van der Waals surface area contributed by atoms with Gasteiger partial charge in [-0.3, -0.25) is 14.4 Å². The number of aliphatic carboxylic acids is 1. The standard InChI is InChI=1S/C17H22N2O4S/c20-15(18-7-3-12(4-8-18)17(22)23)1-2-16(21)19-9-5-14-13(11-19)6-10-24-14/h6,10,12H,1-5,7-9,11H2,(H,22,23). The highest BCUT2D eigenvalue weighted by Crippen LogP contribution is 2.24. The van der Waals surface area contributed by atoms with Gasteiger partial charge in [-0.1, -0.05) is 0 Å². The summed E-state index contributed by atoms with van der Waals surface area (Å²) < 4.78 is 0. The van der Waals surface area contributed by atoms with E-state index in [0.717, 1.165) is 13.0 Å². The zero-order valence-corrected chi connectivity index (χ0v) is 14.4. The molecule has 2 amide bonds. The predicted molar refractivity (Wildman–Crippen MR) is 89.6 cm³/mol. The Hall–Kier alpha value is -1.89. The lowest BCUT2D eigenvalue weighted by Crippen LogP contribution is -2.41. The molecule has 2 aliphatic rings. The fraction of sp³-hybridized carbons (Fsp3) is 0.588. The van der Waals surface area contributed by atoms with Gasteiger partial charge in [-0.25, -0.2) is 0 Å². The van der Waals surface area contributed by atoms with E-state index in [1.54, 1.807) is 16.2 Å². The largest absolute Gasteiger partial charge is 0.481 e. The van der Waals surface area contributed by atoms with Crippen molar-refractivity contribution in [2.75, 3.05) is 19.6 Å². The molecule has 7 heteroatoms. The summed E-state index contributed by atoms with van der Waals surface area (Å²) in [4.78, 5) is 40.4. The Morgan fingerprint density at radius 1 is 1.08 bits per heavy atom. The molecule has 2 aliphatic heterocycles. The van der Waals surface area contributed by atoms with Crippen LogP contribution in [0.25, 0.3) is 0 Å². The van der Waals surface area contributed by atoms with Crippen molar-refractivity contribution >= 4 is 29.1 Å². The molecule has 0 atom stereocenters. The Morgan fingerprint density at radius 2 is 1.75 bits per heavy atom. The second kappa shape index (κ2) is 7.34. The Labute approximate surface area is 145 Å². The van der Waals surface area contributed by atoms with Crippen molar-refractivity contribution in [2.45, 2.75) is 38.6 Å². The number of nitrogens with zero attached hydrogens (tertiary/aromatic N) is 2. The third-order valence-electron chi connectivity index (χ3n) is 4.91. The van der Waals surface area contributed by atoms with Crippen LogP contribution in [-0.2, 0) is 27.3 Å². The molecule has 0 aromatic carbocycles. The second-order valence-corrected chi connectivity index (χ2v) is 7.43. The van der Waals surface area contributed by atoms with Crippen molar-refractivity contribution in [2.24, 2.45) is 5.92 Å². The average Bonchev–Trinajstić information content (AvgIpc) is 3.07. The molecule has 1 saturated heterocycles. The summed E-state index contributed by atoms with van der Waals surface area (Å²) >= 11 is 1.74. The minimum absolute atomic E-state index is 0.0284. The fourth-order valence-electron chi connectivity index (χ4n) is 3.37. The van der Waals surface area contributed by atoms with Gasteiger partial charge in [0.05, 0.1) is 5.92 Å². The molecule has 0 spiro atoms. The van der Waals surface area contributed by atoms with Crippen molar-refractivity contribution in [3.05, 3.63) is 21.9 Å². The van der Waals surface area contributed by atoms with Gasteiger partial charge in [-0.2, -0.15) is 0 Å². The Morgan fingerprint density at radius 3 is 2.42 bits per heavy atom. The summed E-state index contributed by atoms with van der Waals surface area (Å²) in [5.41, 5.74) is 1.22. The average molecular weight is 350 g/mol. The number of hydrogen-bond donors (Lipinski definition) is 1. The summed E-state index contributed by atoms with van der Waals surface area (Å²) in [5, 5.41) is 11.0. The summed E-state index contributed by atoms with van der Waals surface area (Å²) in [6.45, 7) is 2.33. The van der Waals surface area contributed by atoms with Crippen LogP contribution >= 0.6 is 11.3 Å². The van der Waals surface area contributed by atoms with Crippen LogP contribution in [0, 0.1) is 5.92 Å². The third-order valence-corrected chi connectivity index (χ3v) is 5.93. The van der Waals surface area contributed by atoms with E-state index in [9.17, 15) is 14.4 Å². The summed E-state index contributed by atoms with van der Waals surface area (Å²) in [6, 6.07) is 2.07. The zero-order chi connectivity index (χ0) is 17.1. The smallest absolute Gasteiger partial charge is 0.306 e. The number of carboxylic acids is 1. The molecule has 0 saturated carbocycles. The lowest BCUT2D eigenvalue weighted by Gasteiger charge is -2.31. The second-order valence-electron chi connectivity index (χ2n) is 6.43. The molecule has 24 heavy (non-hydrogen) atoms. The van der Waals surface area contributed by atoms with Gasteiger partial charge in [-0.15, -0.1) is 11.3 Å². The topological polar surface area (TPSA) is 77.9 Å². The minimum atomic E-state index is -0.782. The van der Waals surface area contributed by atoms with Crippen LogP contribution < -0.4 is 0 Å². The number of carbonyl (C=O) groups is 3. The van der Waals surface area contributed by atoms with E-state index in [1.807, 2.05) is 4.90 Å². The molecule has 1 N–H and O–H groups in total. The van der Waals surface area contributed by atoms with Crippen LogP contribution in [0.4, 0.5) is 0 Å². The van der Waals surface area contributed by atoms with Gasteiger partial charge in [-0.05, 0) is 36.3 Å². The van der Waals surface area contributed by atoms with Gasteiger partial charge in [0.2, 0.25) is 11.8 Å². The van der Waals surface area contributed by atoms with E-state index >= 15 is 0 Å². The van der Waals surface area contributed by atoms with Gasteiger partial charge >= 0.3 is 5.97 Å². The van der Waals surface area contributed by atoms with Crippen molar-refractivity contribution in [3.8, 4) is 0 Å². The van der Waals surface area contributed by atoms with Crippen LogP contribution in [0.5, 0.6) is 0 Å². The molecule has 6 nitrogen and oxygen atoms in total. The fourth-order valence-corrected chi connectivity index (χ4v) is 4.26. The normalized spacial score (nSPS) is 18.3. The molecule has 130 valence electrons. The van der Waals surface area contributed by atoms with E-state index in [1.165, 1.54) is 10.4 Å². The van der Waals surface area contributed by atoms with Crippen molar-refractivity contribution in [1.29, 1.82) is 0 Å². The van der Waals surface area contributed by atoms with Crippen LogP contribution in [0.2, 0.25) is 0 Å². The van der Waals surface area contributed by atoms with E-state index in [0.29, 0.717) is 32.5 Å². The SMILES string of the molecule is O=C(O)C1CCN(C(=O)CCC(=O)N2CCc3sccc3C2)CC1. The first-order valence-electron chi connectivity index (χ1n) is 8.38. The highest BCUT2D eigenvalue weighted by Gasteiger charge is 2.28. The highest BCUT2D eigenvalue weighted by atomic mass is 32.1. The zero-order valence-electron chi connectivity index (χ0n) is 13.6. The molecule has 0 bridgehead atoms. The highest BCUT2D eigenvalue weighted by molar-refractivity contribution is 7.10. The first kappa shape index (κ1) is 17.0. The molecule has 0 aliphatic carbocycles. The van der Waals surface area contributed by atoms with Gasteiger partial charge in [0.25, 0.3) is 0 Å². The minimum Gasteiger partial charge on any atom is -0.481 e. The van der Waals surface area contributed by atoms with Crippen LogP contribution in [0.3, 0.4) is 0 Å². The molecule has 3 rings (SSSR count). The van der Waals surface area contributed by atoms with Crippen molar-refractivity contribution in [3.63, 3.8) is 0 Å². The van der Waals surface area contributed by atoms with Crippen molar-refractivity contribution < 1.29 is 19.5 Å². The van der Waals surface area contributed by atoms with Crippen LogP contribution in [0.1, 0.15) is 36.1 Å². The number of rotatable bonds is 4. The predicted octanol–water partition coefficient (Wildman–Crippen LogP) is 1.74. The van der Waals surface area contributed by atoms with Gasteiger partial charge < -0.3 is 14.9 Å². The van der Waals surface area contributed by atoms with E-state index < -0.39 is 5.97 Å². The van der Waals surface area contributed by atoms with Gasteiger partial charge in [0, 0.05) is 43.9 Å². The number of amides is 2. The van der Waals surface area contributed by atoms with Gasteiger partial charge in [0.15, 0.2) is 0 Å². The molecule has 0 unspecified atom stereocenters. The molecular weight excluding hydrogens is 328 g/mol. The lowest BCUT2D eigenvalue weighted by molar-refractivity contribution is -0.146. The van der Waals surface area contributed by atoms with Crippen LogP contribution in [0.15, 0.2) is 11.4 Å². The number of fused-ring (bicyclic) bond motifs is 1. The molecule has 1 fully saturated rings. The number of likely N-dealkylation sites (tertiary alicyclic amines) is 1. The number of carboxylic acid groups (broad SMARTS) is 1. The summed E-state index contributed by atoms with van der Waals surface area (Å²) in [6.07, 6.45) is 2.35. The third kappa shape index (κ3) is 3.77. The molecular formula is C17H22N2O4S. The Bertz CT molecular complexity index is 634. The Balaban J connectivity index is 1.43. The maximum absolute atomic E-state index is 12.3. The number of thiophene rings is 1. The maximum atomic E-state index is 12.3. The molecule has 0 radical (unpaired) electrons. The van der Waals surface area contributed by atoms with Crippen molar-refractivity contribution in [1.82, 2.24) is 9.80 Å². The number of piperidine rings is 1. The monoisotopic (exact) mass is 350 g/mol. The van der Waals surface area contributed by atoms with E-state index in [4.69, 9.17) is 5.11 Å². The quantitative estimate of drug-likeness (QED) is 0.897. The van der Waals surface area contributed by atoms with Gasteiger partial charge in [0.1, 0.15) is 0 Å². The molecule has 1 aromatic rings. The van der Waals surface area contributed by atoms with Crippen LogP contribution in [-0.4, -0.2) is 52.3 Å². The van der Waals surface area contributed by atoms with E-state index in [-0.39, 0.29) is 30.6 Å². The number of carbonyl (C=O) groups excluding carboxylic acids is 2. The van der Waals surface area contributed by atoms with E-state index in [2.05, 4.69) is 11.4 Å². The maximum Gasteiger partial charge on any atom is 0.306 e. The lowest BCUT2D eigenvalue weighted by atomic mass is 9.97. The summed E-state index contributed by atoms with van der Waals surface area (Å²) in [7, 11) is 0.